The summed E-state index contributed by atoms with van der Waals surface area (Å²) >= 11 is 6.00. The number of amides is 1. The normalized spacial score (nSPS) is 13.4. The second-order valence-electron chi connectivity index (χ2n) is 5.88. The summed E-state index contributed by atoms with van der Waals surface area (Å²) in [6.45, 7) is 0.258. The molecule has 0 saturated carbocycles. The molecule has 0 fully saturated rings. The van der Waals surface area contributed by atoms with Crippen LogP contribution in [0.3, 0.4) is 0 Å². The van der Waals surface area contributed by atoms with Crippen molar-refractivity contribution in [2.45, 2.75) is 13.0 Å². The highest BCUT2D eigenvalue weighted by Crippen LogP contribution is 2.25. The van der Waals surface area contributed by atoms with E-state index in [2.05, 4.69) is 20.3 Å². The Morgan fingerprint density at radius 3 is 3.00 bits per heavy atom. The number of carbonyl (C=O) groups is 1. The molecule has 8 heteroatoms. The zero-order valence-corrected chi connectivity index (χ0v) is 14.1. The average Bonchev–Trinajstić information content (AvgIpc) is 2.87. The summed E-state index contributed by atoms with van der Waals surface area (Å²) in [7, 11) is 1.68. The predicted molar refractivity (Wildman–Crippen MR) is 96.1 cm³/mol. The SMILES string of the molecule is CN1C(=O)Cc2cnc(NCc3cc4cc(Cl)ccc4[nH]c3=O)nc21. The molecule has 0 radical (unpaired) electrons. The van der Waals surface area contributed by atoms with Crippen LogP contribution in [0.1, 0.15) is 11.1 Å². The fourth-order valence-corrected chi connectivity index (χ4v) is 3.01. The van der Waals surface area contributed by atoms with Crippen molar-refractivity contribution in [3.8, 4) is 0 Å². The van der Waals surface area contributed by atoms with Crippen molar-refractivity contribution in [3.63, 3.8) is 0 Å². The van der Waals surface area contributed by atoms with Gasteiger partial charge in [-0.15, -0.1) is 0 Å². The first kappa shape index (κ1) is 15.6. The van der Waals surface area contributed by atoms with Gasteiger partial charge in [0.1, 0.15) is 5.82 Å². The Hall–Kier alpha value is -2.93. The number of hydrogen-bond acceptors (Lipinski definition) is 5. The number of anilines is 2. The minimum atomic E-state index is -0.184. The second kappa shape index (κ2) is 5.86. The largest absolute Gasteiger partial charge is 0.350 e. The van der Waals surface area contributed by atoms with Gasteiger partial charge < -0.3 is 10.3 Å². The van der Waals surface area contributed by atoms with Crippen molar-refractivity contribution in [3.05, 3.63) is 57.0 Å². The van der Waals surface area contributed by atoms with Crippen LogP contribution >= 0.6 is 11.6 Å². The van der Waals surface area contributed by atoms with Gasteiger partial charge in [-0.1, -0.05) is 11.6 Å². The summed E-state index contributed by atoms with van der Waals surface area (Å²) in [4.78, 5) is 36.8. The van der Waals surface area contributed by atoms with Gasteiger partial charge in [0.15, 0.2) is 0 Å². The molecule has 0 saturated heterocycles. The summed E-state index contributed by atoms with van der Waals surface area (Å²) in [5, 5.41) is 4.49. The number of carbonyl (C=O) groups excluding carboxylic acids is 1. The summed E-state index contributed by atoms with van der Waals surface area (Å²) in [5.41, 5.74) is 1.89. The van der Waals surface area contributed by atoms with Gasteiger partial charge in [-0.3, -0.25) is 14.5 Å². The first-order chi connectivity index (χ1) is 12.0. The van der Waals surface area contributed by atoms with Crippen LogP contribution in [0.5, 0.6) is 0 Å². The van der Waals surface area contributed by atoms with E-state index in [-0.39, 0.29) is 18.0 Å². The van der Waals surface area contributed by atoms with Crippen LogP contribution in [0, 0.1) is 0 Å². The monoisotopic (exact) mass is 355 g/mol. The lowest BCUT2D eigenvalue weighted by atomic mass is 10.1. The highest BCUT2D eigenvalue weighted by molar-refractivity contribution is 6.31. The number of halogens is 1. The third kappa shape index (κ3) is 2.83. The molecule has 126 valence electrons. The van der Waals surface area contributed by atoms with Gasteiger partial charge in [-0.2, -0.15) is 4.98 Å². The van der Waals surface area contributed by atoms with Gasteiger partial charge in [0.2, 0.25) is 11.9 Å². The smallest absolute Gasteiger partial charge is 0.253 e. The zero-order chi connectivity index (χ0) is 17.6. The van der Waals surface area contributed by atoms with Crippen LogP contribution in [0.2, 0.25) is 5.02 Å². The molecule has 0 aliphatic carbocycles. The molecule has 25 heavy (non-hydrogen) atoms. The number of likely N-dealkylation sites (N-methyl/N-ethyl adjacent to an activating group) is 1. The van der Waals surface area contributed by atoms with Crippen molar-refractivity contribution in [1.29, 1.82) is 0 Å². The van der Waals surface area contributed by atoms with Crippen molar-refractivity contribution >= 4 is 40.2 Å². The molecule has 7 nitrogen and oxygen atoms in total. The molecule has 4 rings (SSSR count). The molecular formula is C17H14ClN5O2. The van der Waals surface area contributed by atoms with Gasteiger partial charge >= 0.3 is 0 Å². The Labute approximate surface area is 147 Å². The molecule has 0 spiro atoms. The maximum absolute atomic E-state index is 12.2. The molecule has 1 aromatic carbocycles. The van der Waals surface area contributed by atoms with E-state index >= 15 is 0 Å². The molecule has 3 heterocycles. The number of nitrogens with zero attached hydrogens (tertiary/aromatic N) is 3. The fourth-order valence-electron chi connectivity index (χ4n) is 2.83. The van der Waals surface area contributed by atoms with Crippen LogP contribution in [0.15, 0.2) is 35.3 Å². The average molecular weight is 356 g/mol. The van der Waals surface area contributed by atoms with Crippen molar-refractivity contribution in [2.75, 3.05) is 17.3 Å². The van der Waals surface area contributed by atoms with E-state index in [1.807, 2.05) is 0 Å². The summed E-state index contributed by atoms with van der Waals surface area (Å²) < 4.78 is 0. The van der Waals surface area contributed by atoms with Crippen LogP contribution in [-0.2, 0) is 17.8 Å². The third-order valence-electron chi connectivity index (χ3n) is 4.20. The Balaban J connectivity index is 1.60. The molecule has 1 aliphatic rings. The Bertz CT molecular complexity index is 1060. The van der Waals surface area contributed by atoms with Crippen molar-refractivity contribution < 1.29 is 4.79 Å². The molecule has 3 aromatic rings. The van der Waals surface area contributed by atoms with E-state index in [1.54, 1.807) is 37.5 Å². The van der Waals surface area contributed by atoms with Crippen molar-refractivity contribution in [1.82, 2.24) is 15.0 Å². The molecule has 0 unspecified atom stereocenters. The first-order valence-electron chi connectivity index (χ1n) is 7.69. The number of rotatable bonds is 3. The Kier molecular flexibility index (Phi) is 3.65. The molecule has 0 bridgehead atoms. The summed E-state index contributed by atoms with van der Waals surface area (Å²) in [5.74, 6) is 0.955. The maximum atomic E-state index is 12.2. The third-order valence-corrected chi connectivity index (χ3v) is 4.43. The number of aromatic nitrogens is 3. The number of fused-ring (bicyclic) bond motifs is 2. The number of hydrogen-bond donors (Lipinski definition) is 2. The van der Waals surface area contributed by atoms with Crippen LogP contribution in [0.4, 0.5) is 11.8 Å². The number of aromatic amines is 1. The van der Waals surface area contributed by atoms with E-state index in [0.717, 1.165) is 16.5 Å². The van der Waals surface area contributed by atoms with E-state index in [4.69, 9.17) is 11.6 Å². The minimum Gasteiger partial charge on any atom is -0.350 e. The lowest BCUT2D eigenvalue weighted by Gasteiger charge is -2.10. The Morgan fingerprint density at radius 2 is 2.16 bits per heavy atom. The highest BCUT2D eigenvalue weighted by Gasteiger charge is 2.26. The Morgan fingerprint density at radius 1 is 1.32 bits per heavy atom. The van der Waals surface area contributed by atoms with Gasteiger partial charge in [0.05, 0.1) is 6.42 Å². The van der Waals surface area contributed by atoms with Gasteiger partial charge in [-0.05, 0) is 24.3 Å². The van der Waals surface area contributed by atoms with Crippen LogP contribution in [-0.4, -0.2) is 27.9 Å². The summed E-state index contributed by atoms with van der Waals surface area (Å²) in [6.07, 6.45) is 1.95. The molecule has 2 N–H and O–H groups in total. The lowest BCUT2D eigenvalue weighted by molar-refractivity contribution is -0.117. The second-order valence-corrected chi connectivity index (χ2v) is 6.32. The van der Waals surface area contributed by atoms with E-state index in [9.17, 15) is 9.59 Å². The number of nitrogens with one attached hydrogen (secondary N) is 2. The predicted octanol–water partition coefficient (Wildman–Crippen LogP) is 2.10. The quantitative estimate of drug-likeness (QED) is 0.750. The van der Waals surface area contributed by atoms with Gasteiger partial charge in [0.25, 0.3) is 5.56 Å². The summed E-state index contributed by atoms with van der Waals surface area (Å²) in [6, 6.07) is 7.08. The topological polar surface area (TPSA) is 91.0 Å². The zero-order valence-electron chi connectivity index (χ0n) is 13.3. The van der Waals surface area contributed by atoms with Gasteiger partial charge in [-0.25, -0.2) is 4.98 Å². The lowest BCUT2D eigenvalue weighted by Crippen LogP contribution is -2.22. The molecule has 2 aromatic heterocycles. The van der Waals surface area contributed by atoms with E-state index < -0.39 is 0 Å². The number of benzene rings is 1. The maximum Gasteiger partial charge on any atom is 0.253 e. The number of H-pyrrole nitrogens is 1. The highest BCUT2D eigenvalue weighted by atomic mass is 35.5. The van der Waals surface area contributed by atoms with Crippen LogP contribution < -0.4 is 15.8 Å². The van der Waals surface area contributed by atoms with E-state index in [0.29, 0.717) is 28.8 Å². The first-order valence-corrected chi connectivity index (χ1v) is 8.07. The fraction of sp³-hybridized carbons (Fsp3) is 0.176. The molecule has 0 atom stereocenters. The minimum absolute atomic E-state index is 0.00991. The standard InChI is InChI=1S/C17H14ClN5O2/c1-23-14(24)6-10-7-19-17(22-15(10)23)20-8-11-4-9-5-12(18)2-3-13(9)21-16(11)25/h2-5,7H,6,8H2,1H3,(H,21,25)(H,19,20,22). The molecule has 1 amide bonds. The number of pyridine rings is 1. The van der Waals surface area contributed by atoms with Gasteiger partial charge in [0, 0.05) is 46.8 Å². The van der Waals surface area contributed by atoms with E-state index in [1.165, 1.54) is 4.90 Å². The van der Waals surface area contributed by atoms with Crippen LogP contribution in [0.25, 0.3) is 10.9 Å². The molecular weight excluding hydrogens is 342 g/mol. The molecule has 1 aliphatic heterocycles. The van der Waals surface area contributed by atoms with Crippen molar-refractivity contribution in [2.24, 2.45) is 0 Å².